The molecular weight excluding hydrogens is 297 g/mol. The van der Waals surface area contributed by atoms with Gasteiger partial charge in [-0.15, -0.1) is 0 Å². The first-order valence-electron chi connectivity index (χ1n) is 7.11. The van der Waals surface area contributed by atoms with Gasteiger partial charge in [0.1, 0.15) is 0 Å². The van der Waals surface area contributed by atoms with Crippen molar-refractivity contribution in [1.82, 2.24) is 15.5 Å². The lowest BCUT2D eigenvalue weighted by atomic mass is 10.1. The van der Waals surface area contributed by atoms with Crippen LogP contribution in [-0.4, -0.2) is 50.2 Å². The van der Waals surface area contributed by atoms with Gasteiger partial charge in [0, 0.05) is 39.3 Å². The highest BCUT2D eigenvalue weighted by atomic mass is 19.4. The van der Waals surface area contributed by atoms with E-state index < -0.39 is 17.8 Å². The smallest absolute Gasteiger partial charge is 0.337 e. The minimum atomic E-state index is -4.50. The molecule has 0 aliphatic carbocycles. The molecule has 1 heterocycles. The second-order valence-corrected chi connectivity index (χ2v) is 5.02. The molecule has 2 amide bonds. The zero-order chi connectivity index (χ0) is 16.0. The number of halogens is 3. The highest BCUT2D eigenvalue weighted by Crippen LogP contribution is 2.34. The minimum Gasteiger partial charge on any atom is -0.337 e. The van der Waals surface area contributed by atoms with Crippen LogP contribution in [0, 0.1) is 0 Å². The SMILES string of the molecule is O=C(NCCN1CCNCC1)Nc1ccccc1C(F)(F)F. The zero-order valence-corrected chi connectivity index (χ0v) is 12.0. The summed E-state index contributed by atoms with van der Waals surface area (Å²) in [6, 6.07) is 4.28. The van der Waals surface area contributed by atoms with Gasteiger partial charge in [-0.05, 0) is 12.1 Å². The molecule has 5 nitrogen and oxygen atoms in total. The number of anilines is 1. The van der Waals surface area contributed by atoms with Crippen LogP contribution in [0.15, 0.2) is 24.3 Å². The van der Waals surface area contributed by atoms with Crippen molar-refractivity contribution in [2.24, 2.45) is 0 Å². The third-order valence-corrected chi connectivity index (χ3v) is 3.40. The Hall–Kier alpha value is -1.80. The number of hydrogen-bond donors (Lipinski definition) is 3. The molecule has 2 rings (SSSR count). The van der Waals surface area contributed by atoms with E-state index in [2.05, 4.69) is 20.9 Å². The van der Waals surface area contributed by atoms with Crippen LogP contribution in [0.4, 0.5) is 23.7 Å². The molecule has 0 spiro atoms. The second kappa shape index (κ2) is 7.46. The first-order chi connectivity index (χ1) is 10.5. The maximum Gasteiger partial charge on any atom is 0.418 e. The van der Waals surface area contributed by atoms with E-state index in [1.54, 1.807) is 0 Å². The predicted octanol–water partition coefficient (Wildman–Crippen LogP) is 1.73. The Labute approximate surface area is 126 Å². The fraction of sp³-hybridized carbons (Fsp3) is 0.500. The number of piperazine rings is 1. The van der Waals surface area contributed by atoms with Crippen LogP contribution in [0.5, 0.6) is 0 Å². The molecule has 1 aromatic carbocycles. The summed E-state index contributed by atoms with van der Waals surface area (Å²) in [5.74, 6) is 0. The number of amides is 2. The summed E-state index contributed by atoms with van der Waals surface area (Å²) in [5, 5.41) is 8.05. The van der Waals surface area contributed by atoms with E-state index in [1.165, 1.54) is 18.2 Å². The number of carbonyl (C=O) groups excluding carboxylic acids is 1. The molecule has 1 fully saturated rings. The second-order valence-electron chi connectivity index (χ2n) is 5.02. The average Bonchev–Trinajstić information content (AvgIpc) is 2.48. The van der Waals surface area contributed by atoms with Gasteiger partial charge in [0.25, 0.3) is 0 Å². The molecular formula is C14H19F3N4O. The minimum absolute atomic E-state index is 0.241. The summed E-state index contributed by atoms with van der Waals surface area (Å²) in [5.41, 5.74) is -1.10. The first kappa shape index (κ1) is 16.6. The summed E-state index contributed by atoms with van der Waals surface area (Å²) < 4.78 is 38.4. The van der Waals surface area contributed by atoms with Crippen molar-refractivity contribution in [1.29, 1.82) is 0 Å². The van der Waals surface area contributed by atoms with Crippen LogP contribution in [-0.2, 0) is 6.18 Å². The van der Waals surface area contributed by atoms with Crippen molar-refractivity contribution in [3.8, 4) is 0 Å². The summed E-state index contributed by atoms with van der Waals surface area (Å²) in [6.45, 7) is 4.69. The molecule has 0 atom stereocenters. The quantitative estimate of drug-likeness (QED) is 0.793. The number of nitrogens with zero attached hydrogens (tertiary/aromatic N) is 1. The molecule has 122 valence electrons. The van der Waals surface area contributed by atoms with Crippen LogP contribution in [0.1, 0.15) is 5.56 Å². The van der Waals surface area contributed by atoms with Crippen molar-refractivity contribution < 1.29 is 18.0 Å². The Bertz CT molecular complexity index is 501. The maximum atomic E-state index is 12.8. The Morgan fingerprint density at radius 3 is 2.59 bits per heavy atom. The standard InChI is InChI=1S/C14H19F3N4O/c15-14(16,17)11-3-1-2-4-12(11)20-13(22)19-7-10-21-8-5-18-6-9-21/h1-4,18H,5-10H2,(H2,19,20,22). The Balaban J connectivity index is 1.82. The van der Waals surface area contributed by atoms with Gasteiger partial charge in [0.15, 0.2) is 0 Å². The number of carbonyl (C=O) groups is 1. The van der Waals surface area contributed by atoms with Crippen molar-refractivity contribution in [2.75, 3.05) is 44.6 Å². The van der Waals surface area contributed by atoms with Crippen LogP contribution < -0.4 is 16.0 Å². The van der Waals surface area contributed by atoms with Gasteiger partial charge < -0.3 is 16.0 Å². The Morgan fingerprint density at radius 2 is 1.91 bits per heavy atom. The molecule has 22 heavy (non-hydrogen) atoms. The zero-order valence-electron chi connectivity index (χ0n) is 12.0. The maximum absolute atomic E-state index is 12.8. The van der Waals surface area contributed by atoms with Crippen LogP contribution >= 0.6 is 0 Å². The predicted molar refractivity (Wildman–Crippen MR) is 77.8 cm³/mol. The first-order valence-corrected chi connectivity index (χ1v) is 7.11. The largest absolute Gasteiger partial charge is 0.418 e. The van der Waals surface area contributed by atoms with E-state index in [1.807, 2.05) is 0 Å². The Morgan fingerprint density at radius 1 is 1.23 bits per heavy atom. The highest BCUT2D eigenvalue weighted by molar-refractivity contribution is 5.90. The molecule has 0 unspecified atom stereocenters. The van der Waals surface area contributed by atoms with Crippen molar-refractivity contribution in [2.45, 2.75) is 6.18 Å². The molecule has 3 N–H and O–H groups in total. The number of alkyl halides is 3. The lowest BCUT2D eigenvalue weighted by Crippen LogP contribution is -2.46. The third kappa shape index (κ3) is 4.88. The summed E-state index contributed by atoms with van der Waals surface area (Å²) in [7, 11) is 0. The number of benzene rings is 1. The fourth-order valence-electron chi connectivity index (χ4n) is 2.27. The molecule has 1 aliphatic rings. The number of rotatable bonds is 4. The van der Waals surface area contributed by atoms with Crippen molar-refractivity contribution in [3.63, 3.8) is 0 Å². The van der Waals surface area contributed by atoms with Gasteiger partial charge in [-0.3, -0.25) is 4.90 Å². The molecule has 0 aromatic heterocycles. The lowest BCUT2D eigenvalue weighted by Gasteiger charge is -2.27. The van der Waals surface area contributed by atoms with Gasteiger partial charge in [-0.25, -0.2) is 4.79 Å². The van der Waals surface area contributed by atoms with Gasteiger partial charge >= 0.3 is 12.2 Å². The van der Waals surface area contributed by atoms with Gasteiger partial charge in [-0.2, -0.15) is 13.2 Å². The number of nitrogens with one attached hydrogen (secondary N) is 3. The van der Waals surface area contributed by atoms with Gasteiger partial charge in [0.2, 0.25) is 0 Å². The average molecular weight is 316 g/mol. The van der Waals surface area contributed by atoms with E-state index >= 15 is 0 Å². The number of para-hydroxylation sites is 1. The lowest BCUT2D eigenvalue weighted by molar-refractivity contribution is -0.136. The number of hydrogen-bond acceptors (Lipinski definition) is 3. The summed E-state index contributed by atoms with van der Waals surface area (Å²) in [6.07, 6.45) is -4.50. The van der Waals surface area contributed by atoms with E-state index in [0.29, 0.717) is 13.1 Å². The summed E-state index contributed by atoms with van der Waals surface area (Å²) in [4.78, 5) is 13.9. The molecule has 0 bridgehead atoms. The van der Waals surface area contributed by atoms with E-state index in [0.717, 1.165) is 32.2 Å². The van der Waals surface area contributed by atoms with Gasteiger partial charge in [-0.1, -0.05) is 12.1 Å². The fourth-order valence-corrected chi connectivity index (χ4v) is 2.27. The van der Waals surface area contributed by atoms with Crippen LogP contribution in [0.3, 0.4) is 0 Å². The monoisotopic (exact) mass is 316 g/mol. The third-order valence-electron chi connectivity index (χ3n) is 3.40. The van der Waals surface area contributed by atoms with Crippen LogP contribution in [0.2, 0.25) is 0 Å². The van der Waals surface area contributed by atoms with E-state index in [4.69, 9.17) is 0 Å². The van der Waals surface area contributed by atoms with Gasteiger partial charge in [0.05, 0.1) is 11.3 Å². The molecule has 0 radical (unpaired) electrons. The molecule has 0 saturated carbocycles. The molecule has 1 aliphatic heterocycles. The molecule has 8 heteroatoms. The van der Waals surface area contributed by atoms with E-state index in [9.17, 15) is 18.0 Å². The normalized spacial score (nSPS) is 16.3. The Kier molecular flexibility index (Phi) is 5.62. The molecule has 1 saturated heterocycles. The van der Waals surface area contributed by atoms with Crippen LogP contribution in [0.25, 0.3) is 0 Å². The summed E-state index contributed by atoms with van der Waals surface area (Å²) >= 11 is 0. The van der Waals surface area contributed by atoms with E-state index in [-0.39, 0.29) is 5.69 Å². The van der Waals surface area contributed by atoms with Crippen molar-refractivity contribution >= 4 is 11.7 Å². The van der Waals surface area contributed by atoms with Crippen molar-refractivity contribution in [3.05, 3.63) is 29.8 Å². The number of urea groups is 1. The highest BCUT2D eigenvalue weighted by Gasteiger charge is 2.33. The molecule has 1 aromatic rings. The topological polar surface area (TPSA) is 56.4 Å².